The van der Waals surface area contributed by atoms with Gasteiger partial charge in [0.25, 0.3) is 0 Å². The first-order chi connectivity index (χ1) is 11.0. The predicted molar refractivity (Wildman–Crippen MR) is 90.7 cm³/mol. The van der Waals surface area contributed by atoms with Crippen LogP contribution in [-0.2, 0) is 4.79 Å². The molecule has 4 saturated carbocycles. The first-order valence-corrected chi connectivity index (χ1v) is 9.87. The molecular formula is C20H33NO2. The van der Waals surface area contributed by atoms with Crippen molar-refractivity contribution in [1.29, 1.82) is 0 Å². The van der Waals surface area contributed by atoms with E-state index in [1.807, 2.05) is 0 Å². The summed E-state index contributed by atoms with van der Waals surface area (Å²) in [6, 6.07) is 0.393. The highest BCUT2D eigenvalue weighted by Crippen LogP contribution is 2.66. The predicted octanol–water partition coefficient (Wildman–Crippen LogP) is 3.50. The smallest absolute Gasteiger partial charge is 0.207 e. The van der Waals surface area contributed by atoms with Gasteiger partial charge in [-0.1, -0.05) is 13.8 Å². The summed E-state index contributed by atoms with van der Waals surface area (Å²) >= 11 is 0. The Morgan fingerprint density at radius 2 is 1.70 bits per heavy atom. The summed E-state index contributed by atoms with van der Waals surface area (Å²) in [5.41, 5.74) is 0.777. The highest BCUT2D eigenvalue weighted by molar-refractivity contribution is 5.47. The molecule has 130 valence electrons. The molecule has 0 saturated heterocycles. The summed E-state index contributed by atoms with van der Waals surface area (Å²) < 4.78 is 0. The molecule has 4 aliphatic rings. The van der Waals surface area contributed by atoms with Crippen molar-refractivity contribution in [2.24, 2.45) is 34.5 Å². The molecule has 3 heteroatoms. The molecule has 0 aromatic carbocycles. The minimum atomic E-state index is -0.0499. The van der Waals surface area contributed by atoms with Crippen LogP contribution in [0.3, 0.4) is 0 Å². The van der Waals surface area contributed by atoms with Crippen LogP contribution in [0.5, 0.6) is 0 Å². The van der Waals surface area contributed by atoms with Crippen molar-refractivity contribution >= 4 is 6.41 Å². The van der Waals surface area contributed by atoms with E-state index in [0.717, 1.165) is 42.9 Å². The second kappa shape index (κ2) is 5.47. The topological polar surface area (TPSA) is 49.3 Å². The molecule has 4 fully saturated rings. The van der Waals surface area contributed by atoms with Gasteiger partial charge in [-0.2, -0.15) is 0 Å². The Balaban J connectivity index is 1.59. The average molecular weight is 319 g/mol. The largest absolute Gasteiger partial charge is 0.393 e. The summed E-state index contributed by atoms with van der Waals surface area (Å²) in [6.07, 6.45) is 11.9. The molecule has 0 aromatic heterocycles. The molecule has 4 aliphatic carbocycles. The SMILES string of the molecule is C[C@@]12CC[C@H](O)C[C@H]1CC[C@H]1[C@H]2CC[C@]2(C)[C@H](NC=O)CC[C@@H]12. The molecule has 23 heavy (non-hydrogen) atoms. The Morgan fingerprint density at radius 3 is 2.48 bits per heavy atom. The maximum Gasteiger partial charge on any atom is 0.207 e. The lowest BCUT2D eigenvalue weighted by atomic mass is 9.45. The summed E-state index contributed by atoms with van der Waals surface area (Å²) in [7, 11) is 0. The number of aliphatic hydroxyl groups excluding tert-OH is 1. The number of rotatable bonds is 2. The van der Waals surface area contributed by atoms with Crippen LogP contribution in [-0.4, -0.2) is 23.7 Å². The van der Waals surface area contributed by atoms with Crippen LogP contribution in [0, 0.1) is 34.5 Å². The van der Waals surface area contributed by atoms with Crippen LogP contribution >= 0.6 is 0 Å². The van der Waals surface area contributed by atoms with Gasteiger partial charge in [-0.15, -0.1) is 0 Å². The Labute approximate surface area is 140 Å². The fraction of sp³-hybridized carbons (Fsp3) is 0.950. The van der Waals surface area contributed by atoms with E-state index in [1.54, 1.807) is 0 Å². The Bertz CT molecular complexity index is 480. The first-order valence-electron chi connectivity index (χ1n) is 9.87. The molecule has 0 aromatic rings. The van der Waals surface area contributed by atoms with Crippen molar-refractivity contribution < 1.29 is 9.90 Å². The third-order valence-corrected chi connectivity index (χ3v) is 8.91. The normalized spacial score (nSPS) is 55.4. The second-order valence-corrected chi connectivity index (χ2v) is 9.54. The number of hydrogen-bond donors (Lipinski definition) is 2. The number of carbonyl (C=O) groups is 1. The molecule has 3 nitrogen and oxygen atoms in total. The van der Waals surface area contributed by atoms with Gasteiger partial charge in [-0.05, 0) is 92.3 Å². The lowest BCUT2D eigenvalue weighted by molar-refractivity contribution is -0.126. The van der Waals surface area contributed by atoms with Gasteiger partial charge in [0.15, 0.2) is 0 Å². The lowest BCUT2D eigenvalue weighted by Crippen LogP contribution is -2.55. The van der Waals surface area contributed by atoms with Crippen LogP contribution in [0.25, 0.3) is 0 Å². The quantitative estimate of drug-likeness (QED) is 0.765. The highest BCUT2D eigenvalue weighted by atomic mass is 16.3. The van der Waals surface area contributed by atoms with Crippen molar-refractivity contribution in [2.45, 2.75) is 83.8 Å². The molecule has 0 unspecified atom stereocenters. The van der Waals surface area contributed by atoms with Gasteiger partial charge in [0.1, 0.15) is 0 Å². The van der Waals surface area contributed by atoms with E-state index in [9.17, 15) is 9.90 Å². The van der Waals surface area contributed by atoms with Gasteiger partial charge in [-0.25, -0.2) is 0 Å². The van der Waals surface area contributed by atoms with Crippen LogP contribution in [0.15, 0.2) is 0 Å². The van der Waals surface area contributed by atoms with E-state index in [2.05, 4.69) is 19.2 Å². The van der Waals surface area contributed by atoms with Crippen LogP contribution in [0.2, 0.25) is 0 Å². The molecule has 0 aliphatic heterocycles. The monoisotopic (exact) mass is 319 g/mol. The number of carbonyl (C=O) groups excluding carboxylic acids is 1. The van der Waals surface area contributed by atoms with E-state index in [4.69, 9.17) is 0 Å². The number of hydrogen-bond acceptors (Lipinski definition) is 2. The minimum Gasteiger partial charge on any atom is -0.393 e. The third-order valence-electron chi connectivity index (χ3n) is 8.91. The summed E-state index contributed by atoms with van der Waals surface area (Å²) in [5.74, 6) is 3.23. The van der Waals surface area contributed by atoms with Crippen LogP contribution in [0.1, 0.15) is 71.6 Å². The van der Waals surface area contributed by atoms with E-state index in [0.29, 0.717) is 16.9 Å². The van der Waals surface area contributed by atoms with E-state index in [-0.39, 0.29) is 6.10 Å². The van der Waals surface area contributed by atoms with Gasteiger partial charge in [0, 0.05) is 6.04 Å². The minimum absolute atomic E-state index is 0.0499. The zero-order valence-corrected chi connectivity index (χ0v) is 14.8. The van der Waals surface area contributed by atoms with Gasteiger partial charge in [0.2, 0.25) is 6.41 Å². The zero-order valence-electron chi connectivity index (χ0n) is 14.8. The van der Waals surface area contributed by atoms with Crippen molar-refractivity contribution in [1.82, 2.24) is 5.32 Å². The van der Waals surface area contributed by atoms with Gasteiger partial charge in [0.05, 0.1) is 6.10 Å². The van der Waals surface area contributed by atoms with Crippen molar-refractivity contribution in [3.63, 3.8) is 0 Å². The van der Waals surface area contributed by atoms with Crippen LogP contribution < -0.4 is 5.32 Å². The van der Waals surface area contributed by atoms with E-state index >= 15 is 0 Å². The van der Waals surface area contributed by atoms with E-state index < -0.39 is 0 Å². The standard InChI is InChI=1S/C20H33NO2/c1-19-9-7-14(23)11-13(19)3-4-15-16-5-6-18(21-12-22)20(16,2)10-8-17(15)19/h12-18,23H,3-11H2,1-2H3,(H,21,22)/t13-,14+,15-,16+,17-,18-,19-,20+/m1/s1. The molecule has 2 N–H and O–H groups in total. The molecular weight excluding hydrogens is 286 g/mol. The molecule has 8 atom stereocenters. The molecule has 0 heterocycles. The molecule has 4 rings (SSSR count). The van der Waals surface area contributed by atoms with Gasteiger partial charge < -0.3 is 10.4 Å². The maximum absolute atomic E-state index is 11.0. The van der Waals surface area contributed by atoms with Crippen LogP contribution in [0.4, 0.5) is 0 Å². The number of nitrogens with one attached hydrogen (secondary N) is 1. The average Bonchev–Trinajstić information content (AvgIpc) is 2.85. The molecule has 1 amide bonds. The molecule has 0 bridgehead atoms. The Morgan fingerprint density at radius 1 is 0.957 bits per heavy atom. The third kappa shape index (κ3) is 2.22. The van der Waals surface area contributed by atoms with Gasteiger partial charge in [-0.3, -0.25) is 4.79 Å². The fourth-order valence-electron chi connectivity index (χ4n) is 7.59. The molecule has 0 spiro atoms. The second-order valence-electron chi connectivity index (χ2n) is 9.54. The highest BCUT2D eigenvalue weighted by Gasteiger charge is 2.60. The first kappa shape index (κ1) is 15.9. The molecule has 0 radical (unpaired) electrons. The number of fused-ring (bicyclic) bond motifs is 5. The summed E-state index contributed by atoms with van der Waals surface area (Å²) in [6.45, 7) is 4.99. The van der Waals surface area contributed by atoms with E-state index in [1.165, 1.54) is 44.9 Å². The fourth-order valence-corrected chi connectivity index (χ4v) is 7.59. The Kier molecular flexibility index (Phi) is 3.79. The summed E-state index contributed by atoms with van der Waals surface area (Å²) in [4.78, 5) is 11.0. The summed E-state index contributed by atoms with van der Waals surface area (Å²) in [5, 5.41) is 13.2. The number of aliphatic hydroxyl groups is 1. The zero-order chi connectivity index (χ0) is 16.2. The van der Waals surface area contributed by atoms with Crippen molar-refractivity contribution in [3.8, 4) is 0 Å². The van der Waals surface area contributed by atoms with Crippen molar-refractivity contribution in [2.75, 3.05) is 0 Å². The van der Waals surface area contributed by atoms with Crippen molar-refractivity contribution in [3.05, 3.63) is 0 Å². The Hall–Kier alpha value is -0.570. The lowest BCUT2D eigenvalue weighted by Gasteiger charge is -2.60. The number of amides is 1. The van der Waals surface area contributed by atoms with Gasteiger partial charge >= 0.3 is 0 Å². The maximum atomic E-state index is 11.0.